The molecular formula is C11H18F3NO5. The van der Waals surface area contributed by atoms with E-state index in [9.17, 15) is 18.0 Å². The summed E-state index contributed by atoms with van der Waals surface area (Å²) in [6.45, 7) is 1.52. The summed E-state index contributed by atoms with van der Waals surface area (Å²) in [6, 6.07) is 0. The molecule has 0 amide bonds. The second kappa shape index (κ2) is 8.40. The molecule has 1 aliphatic heterocycles. The van der Waals surface area contributed by atoms with Gasteiger partial charge in [0.1, 0.15) is 0 Å². The van der Waals surface area contributed by atoms with Gasteiger partial charge in [0.15, 0.2) is 0 Å². The van der Waals surface area contributed by atoms with Gasteiger partial charge in [-0.2, -0.15) is 13.2 Å². The molecule has 20 heavy (non-hydrogen) atoms. The van der Waals surface area contributed by atoms with Crippen LogP contribution in [0.3, 0.4) is 0 Å². The summed E-state index contributed by atoms with van der Waals surface area (Å²) in [6.07, 6.45) is -6.19. The Morgan fingerprint density at radius 3 is 2.80 bits per heavy atom. The van der Waals surface area contributed by atoms with Crippen LogP contribution in [0.4, 0.5) is 13.2 Å². The molecule has 0 saturated carbocycles. The van der Waals surface area contributed by atoms with E-state index in [2.05, 4.69) is 10.1 Å². The third-order valence-electron chi connectivity index (χ3n) is 2.50. The van der Waals surface area contributed by atoms with E-state index in [1.54, 1.807) is 0 Å². The molecule has 1 fully saturated rings. The largest absolute Gasteiger partial charge is 0.491 e. The van der Waals surface area contributed by atoms with Gasteiger partial charge in [-0.25, -0.2) is 4.79 Å². The fourth-order valence-corrected chi connectivity index (χ4v) is 1.55. The molecule has 1 unspecified atom stereocenters. The number of carbonyl (C=O) groups excluding carboxylic acids is 1. The first-order chi connectivity index (χ1) is 9.43. The lowest BCUT2D eigenvalue weighted by Gasteiger charge is -2.21. The molecule has 118 valence electrons. The van der Waals surface area contributed by atoms with Gasteiger partial charge in [0.05, 0.1) is 32.5 Å². The Morgan fingerprint density at radius 1 is 1.40 bits per heavy atom. The van der Waals surface area contributed by atoms with E-state index < -0.39 is 24.5 Å². The molecule has 0 bridgehead atoms. The van der Waals surface area contributed by atoms with Crippen molar-refractivity contribution in [3.63, 3.8) is 0 Å². The van der Waals surface area contributed by atoms with Crippen LogP contribution in [0.25, 0.3) is 0 Å². The molecule has 9 heteroatoms. The SMILES string of the molecule is COCCOC[C@@H]1CCNCC(OC(=O)C(F)(F)F)O1. The van der Waals surface area contributed by atoms with E-state index >= 15 is 0 Å². The van der Waals surface area contributed by atoms with Gasteiger partial charge in [-0.1, -0.05) is 0 Å². The Hall–Kier alpha value is -0.900. The third-order valence-corrected chi connectivity index (χ3v) is 2.50. The highest BCUT2D eigenvalue weighted by Gasteiger charge is 2.43. The highest BCUT2D eigenvalue weighted by Crippen LogP contribution is 2.19. The van der Waals surface area contributed by atoms with Crippen LogP contribution in [0.1, 0.15) is 6.42 Å². The number of hydrogen-bond donors (Lipinski definition) is 1. The fraction of sp³-hybridized carbons (Fsp3) is 0.909. The predicted octanol–water partition coefficient (Wildman–Crippen LogP) is 0.459. The standard InChI is InChI=1S/C11H18F3NO5/c1-17-4-5-18-7-8-2-3-15-6-9(19-8)20-10(16)11(12,13)14/h8-9,15H,2-7H2,1H3/t8-,9?/m0/s1. The van der Waals surface area contributed by atoms with Gasteiger partial charge in [0.25, 0.3) is 0 Å². The molecule has 0 aromatic heterocycles. The summed E-state index contributed by atoms with van der Waals surface area (Å²) in [5.74, 6) is -2.26. The number of hydrogen-bond acceptors (Lipinski definition) is 6. The zero-order chi connectivity index (χ0) is 15.0. The Balaban J connectivity index is 2.38. The number of carbonyl (C=O) groups is 1. The molecule has 0 aromatic carbocycles. The minimum Gasteiger partial charge on any atom is -0.428 e. The third kappa shape index (κ3) is 6.51. The van der Waals surface area contributed by atoms with Gasteiger partial charge < -0.3 is 24.3 Å². The maximum Gasteiger partial charge on any atom is 0.491 e. The van der Waals surface area contributed by atoms with Crippen LogP contribution in [0.2, 0.25) is 0 Å². The van der Waals surface area contributed by atoms with Crippen molar-refractivity contribution in [1.82, 2.24) is 5.32 Å². The lowest BCUT2D eigenvalue weighted by molar-refractivity contribution is -0.231. The molecule has 2 atom stereocenters. The second-order valence-corrected chi connectivity index (χ2v) is 4.15. The van der Waals surface area contributed by atoms with Crippen molar-refractivity contribution in [2.45, 2.75) is 25.0 Å². The first kappa shape index (κ1) is 17.2. The predicted molar refractivity (Wildman–Crippen MR) is 61.0 cm³/mol. The average Bonchev–Trinajstić information content (AvgIpc) is 2.59. The van der Waals surface area contributed by atoms with Crippen molar-refractivity contribution in [3.05, 3.63) is 0 Å². The molecule has 1 N–H and O–H groups in total. The second-order valence-electron chi connectivity index (χ2n) is 4.15. The Labute approximate surface area is 114 Å². The average molecular weight is 301 g/mol. The molecule has 1 aliphatic rings. The molecule has 0 aromatic rings. The molecule has 0 radical (unpaired) electrons. The number of ether oxygens (including phenoxy) is 4. The van der Waals surface area contributed by atoms with Gasteiger partial charge >= 0.3 is 12.1 Å². The summed E-state index contributed by atoms with van der Waals surface area (Å²) in [4.78, 5) is 10.7. The van der Waals surface area contributed by atoms with Crippen LogP contribution in [-0.2, 0) is 23.7 Å². The zero-order valence-corrected chi connectivity index (χ0v) is 11.1. The summed E-state index contributed by atoms with van der Waals surface area (Å²) >= 11 is 0. The lowest BCUT2D eigenvalue weighted by atomic mass is 10.3. The van der Waals surface area contributed by atoms with Crippen molar-refractivity contribution < 1.29 is 36.9 Å². The summed E-state index contributed by atoms with van der Waals surface area (Å²) in [5.41, 5.74) is 0. The number of rotatable bonds is 6. The topological polar surface area (TPSA) is 66.0 Å². The summed E-state index contributed by atoms with van der Waals surface area (Å²) < 4.78 is 55.9. The highest BCUT2D eigenvalue weighted by atomic mass is 19.4. The maximum atomic E-state index is 12.1. The fourth-order valence-electron chi connectivity index (χ4n) is 1.55. The van der Waals surface area contributed by atoms with Crippen LogP contribution < -0.4 is 5.32 Å². The van der Waals surface area contributed by atoms with E-state index in [1.165, 1.54) is 7.11 Å². The van der Waals surface area contributed by atoms with Gasteiger partial charge in [-0.15, -0.1) is 0 Å². The van der Waals surface area contributed by atoms with Crippen LogP contribution in [0, 0.1) is 0 Å². The maximum absolute atomic E-state index is 12.1. The number of alkyl halides is 3. The Morgan fingerprint density at radius 2 is 2.15 bits per heavy atom. The molecule has 1 heterocycles. The van der Waals surface area contributed by atoms with Gasteiger partial charge in [0.2, 0.25) is 6.29 Å². The quantitative estimate of drug-likeness (QED) is 0.568. The number of halogens is 3. The number of methoxy groups -OCH3 is 1. The highest BCUT2D eigenvalue weighted by molar-refractivity contribution is 5.75. The number of esters is 1. The first-order valence-electron chi connectivity index (χ1n) is 6.14. The van der Waals surface area contributed by atoms with Crippen molar-refractivity contribution >= 4 is 5.97 Å². The van der Waals surface area contributed by atoms with Gasteiger partial charge in [-0.3, -0.25) is 0 Å². The smallest absolute Gasteiger partial charge is 0.428 e. The van der Waals surface area contributed by atoms with Crippen molar-refractivity contribution in [2.75, 3.05) is 40.0 Å². The lowest BCUT2D eigenvalue weighted by Crippen LogP contribution is -2.37. The van der Waals surface area contributed by atoms with Crippen molar-refractivity contribution in [2.24, 2.45) is 0 Å². The summed E-state index contributed by atoms with van der Waals surface area (Å²) in [7, 11) is 1.53. The van der Waals surface area contributed by atoms with E-state index in [0.717, 1.165) is 0 Å². The van der Waals surface area contributed by atoms with Crippen LogP contribution in [0.15, 0.2) is 0 Å². The molecule has 1 saturated heterocycles. The minimum atomic E-state index is -5.03. The van der Waals surface area contributed by atoms with Crippen molar-refractivity contribution in [3.8, 4) is 0 Å². The monoisotopic (exact) mass is 301 g/mol. The van der Waals surface area contributed by atoms with Crippen LogP contribution >= 0.6 is 0 Å². The van der Waals surface area contributed by atoms with E-state index in [-0.39, 0.29) is 13.2 Å². The van der Waals surface area contributed by atoms with E-state index in [0.29, 0.717) is 26.2 Å². The van der Waals surface area contributed by atoms with Crippen LogP contribution in [-0.4, -0.2) is 64.6 Å². The molecule has 6 nitrogen and oxygen atoms in total. The van der Waals surface area contributed by atoms with Gasteiger partial charge in [0, 0.05) is 7.11 Å². The Kier molecular flexibility index (Phi) is 7.20. The molecule has 1 rings (SSSR count). The van der Waals surface area contributed by atoms with Crippen molar-refractivity contribution in [1.29, 1.82) is 0 Å². The molecule has 0 spiro atoms. The Bertz CT molecular complexity index is 300. The summed E-state index contributed by atoms with van der Waals surface area (Å²) in [5, 5.41) is 2.84. The van der Waals surface area contributed by atoms with E-state index in [4.69, 9.17) is 14.2 Å². The van der Waals surface area contributed by atoms with E-state index in [1.807, 2.05) is 0 Å². The first-order valence-corrected chi connectivity index (χ1v) is 6.14. The normalized spacial score (nSPS) is 24.2. The van der Waals surface area contributed by atoms with Gasteiger partial charge in [-0.05, 0) is 13.0 Å². The minimum absolute atomic E-state index is 0.0103. The molecule has 0 aliphatic carbocycles. The van der Waals surface area contributed by atoms with Crippen LogP contribution in [0.5, 0.6) is 0 Å². The molecular weight excluding hydrogens is 283 g/mol. The number of nitrogens with one attached hydrogen (secondary N) is 1. The zero-order valence-electron chi connectivity index (χ0n) is 11.1.